The highest BCUT2D eigenvalue weighted by Crippen LogP contribution is 2.23. The van der Waals surface area contributed by atoms with Gasteiger partial charge in [0.05, 0.1) is 11.7 Å². The van der Waals surface area contributed by atoms with Crippen molar-refractivity contribution in [1.29, 1.82) is 0 Å². The third kappa shape index (κ3) is 2.37. The number of benzene rings is 1. The van der Waals surface area contributed by atoms with Crippen LogP contribution in [0.5, 0.6) is 0 Å². The summed E-state index contributed by atoms with van der Waals surface area (Å²) in [7, 11) is 0. The van der Waals surface area contributed by atoms with Crippen LogP contribution in [0.4, 0.5) is 4.39 Å². The minimum atomic E-state index is -0.832. The first-order chi connectivity index (χ1) is 8.50. The van der Waals surface area contributed by atoms with Crippen LogP contribution in [0.15, 0.2) is 30.5 Å². The molecule has 5 nitrogen and oxygen atoms in total. The van der Waals surface area contributed by atoms with E-state index in [9.17, 15) is 9.18 Å². The van der Waals surface area contributed by atoms with Crippen LogP contribution >= 0.6 is 0 Å². The lowest BCUT2D eigenvalue weighted by Crippen LogP contribution is -2.41. The zero-order chi connectivity index (χ0) is 13.2. The molecule has 18 heavy (non-hydrogen) atoms. The van der Waals surface area contributed by atoms with E-state index in [1.54, 1.807) is 32.0 Å². The average Bonchev–Trinajstić information content (AvgIpc) is 2.82. The monoisotopic (exact) mass is 248 g/mol. The molecule has 0 aliphatic rings. The van der Waals surface area contributed by atoms with Crippen LogP contribution in [-0.4, -0.2) is 21.3 Å². The van der Waals surface area contributed by atoms with E-state index in [4.69, 9.17) is 0 Å². The molecule has 1 aromatic heterocycles. The van der Waals surface area contributed by atoms with E-state index in [0.717, 1.165) is 0 Å². The number of H-pyrrole nitrogens is 1. The Morgan fingerprint density at radius 3 is 2.72 bits per heavy atom. The maximum absolute atomic E-state index is 13.7. The summed E-state index contributed by atoms with van der Waals surface area (Å²) in [4.78, 5) is 11.8. The number of carbonyl (C=O) groups excluding carboxylic acids is 1. The van der Waals surface area contributed by atoms with Crippen molar-refractivity contribution >= 4 is 5.91 Å². The van der Waals surface area contributed by atoms with Gasteiger partial charge >= 0.3 is 0 Å². The van der Waals surface area contributed by atoms with Crippen molar-refractivity contribution in [3.05, 3.63) is 47.5 Å². The first-order valence-corrected chi connectivity index (χ1v) is 5.44. The van der Waals surface area contributed by atoms with Gasteiger partial charge in [0.25, 0.3) is 5.91 Å². The highest BCUT2D eigenvalue weighted by molar-refractivity contribution is 5.92. The molecule has 0 saturated heterocycles. The van der Waals surface area contributed by atoms with Gasteiger partial charge in [0.2, 0.25) is 0 Å². The fourth-order valence-corrected chi connectivity index (χ4v) is 1.69. The molecule has 0 unspecified atom stereocenters. The lowest BCUT2D eigenvalue weighted by molar-refractivity contribution is 0.0905. The molecule has 0 bridgehead atoms. The Morgan fingerprint density at radius 2 is 2.11 bits per heavy atom. The van der Waals surface area contributed by atoms with Crippen LogP contribution in [0, 0.1) is 5.82 Å². The van der Waals surface area contributed by atoms with Gasteiger partial charge in [0, 0.05) is 5.56 Å². The van der Waals surface area contributed by atoms with Crippen LogP contribution in [0.2, 0.25) is 0 Å². The van der Waals surface area contributed by atoms with Crippen LogP contribution in [0.25, 0.3) is 0 Å². The topological polar surface area (TPSA) is 70.7 Å². The minimum Gasteiger partial charge on any atom is -0.342 e. The van der Waals surface area contributed by atoms with E-state index >= 15 is 0 Å². The third-order valence-corrected chi connectivity index (χ3v) is 2.62. The Balaban J connectivity index is 2.22. The van der Waals surface area contributed by atoms with Crippen molar-refractivity contribution in [2.75, 3.05) is 0 Å². The maximum Gasteiger partial charge on any atom is 0.274 e. The van der Waals surface area contributed by atoms with Crippen LogP contribution in [0.1, 0.15) is 29.9 Å². The normalized spacial score (nSPS) is 11.3. The number of rotatable bonds is 3. The largest absolute Gasteiger partial charge is 0.342 e. The lowest BCUT2D eigenvalue weighted by atomic mass is 9.93. The highest BCUT2D eigenvalue weighted by Gasteiger charge is 2.26. The molecular formula is C12H13FN4O. The molecule has 1 aromatic carbocycles. The Hall–Kier alpha value is -2.24. The molecular weight excluding hydrogens is 235 g/mol. The molecule has 2 aromatic rings. The molecule has 1 heterocycles. The summed E-state index contributed by atoms with van der Waals surface area (Å²) in [6, 6.07) is 6.33. The Labute approximate surface area is 103 Å². The Morgan fingerprint density at radius 1 is 1.39 bits per heavy atom. The van der Waals surface area contributed by atoms with Gasteiger partial charge in [-0.05, 0) is 19.9 Å². The van der Waals surface area contributed by atoms with E-state index in [0.29, 0.717) is 5.56 Å². The van der Waals surface area contributed by atoms with Crippen molar-refractivity contribution in [1.82, 2.24) is 20.7 Å². The standard InChI is InChI=1S/C12H13FN4O/c1-12(2,8-5-3-4-6-9(8)13)15-11(18)10-7-14-17-16-10/h3-7H,1-2H3,(H,15,18)(H,14,16,17). The Kier molecular flexibility index (Phi) is 3.10. The van der Waals surface area contributed by atoms with E-state index in [1.165, 1.54) is 12.3 Å². The van der Waals surface area contributed by atoms with Crippen LogP contribution in [-0.2, 0) is 5.54 Å². The number of aromatic amines is 1. The average molecular weight is 248 g/mol. The molecule has 1 amide bonds. The molecule has 0 fully saturated rings. The van der Waals surface area contributed by atoms with Crippen molar-refractivity contribution in [3.8, 4) is 0 Å². The first-order valence-electron chi connectivity index (χ1n) is 5.44. The van der Waals surface area contributed by atoms with Gasteiger partial charge in [0.15, 0.2) is 5.69 Å². The van der Waals surface area contributed by atoms with E-state index in [-0.39, 0.29) is 11.5 Å². The third-order valence-electron chi connectivity index (χ3n) is 2.62. The molecule has 0 aliphatic carbocycles. The molecule has 2 N–H and O–H groups in total. The number of nitrogens with one attached hydrogen (secondary N) is 2. The summed E-state index contributed by atoms with van der Waals surface area (Å²) in [5.41, 5.74) is -0.247. The molecule has 94 valence electrons. The zero-order valence-corrected chi connectivity index (χ0v) is 10.1. The molecule has 0 atom stereocenters. The number of halogens is 1. The van der Waals surface area contributed by atoms with Gasteiger partial charge in [-0.1, -0.05) is 18.2 Å². The van der Waals surface area contributed by atoms with Crippen molar-refractivity contribution in [3.63, 3.8) is 0 Å². The van der Waals surface area contributed by atoms with Crippen molar-refractivity contribution < 1.29 is 9.18 Å². The number of nitrogens with zero attached hydrogens (tertiary/aromatic N) is 2. The summed E-state index contributed by atoms with van der Waals surface area (Å²) in [6.07, 6.45) is 1.31. The minimum absolute atomic E-state index is 0.166. The molecule has 2 rings (SSSR count). The molecule has 0 spiro atoms. The second-order valence-corrected chi connectivity index (χ2v) is 4.41. The number of hydrogen-bond donors (Lipinski definition) is 2. The van der Waals surface area contributed by atoms with E-state index in [2.05, 4.69) is 20.7 Å². The Bertz CT molecular complexity index is 551. The fourth-order valence-electron chi connectivity index (χ4n) is 1.69. The second kappa shape index (κ2) is 4.56. The van der Waals surface area contributed by atoms with Gasteiger partial charge in [-0.15, -0.1) is 0 Å². The van der Waals surface area contributed by atoms with E-state index in [1.807, 2.05) is 0 Å². The molecule has 0 radical (unpaired) electrons. The SMILES string of the molecule is CC(C)(NC(=O)c1cn[nH]n1)c1ccccc1F. The molecule has 0 saturated carbocycles. The van der Waals surface area contributed by atoms with Crippen LogP contribution in [0.3, 0.4) is 0 Å². The quantitative estimate of drug-likeness (QED) is 0.866. The number of carbonyl (C=O) groups is 1. The number of aromatic nitrogens is 3. The van der Waals surface area contributed by atoms with Crippen molar-refractivity contribution in [2.24, 2.45) is 0 Å². The van der Waals surface area contributed by atoms with Gasteiger partial charge < -0.3 is 5.32 Å². The number of hydrogen-bond acceptors (Lipinski definition) is 3. The summed E-state index contributed by atoms with van der Waals surface area (Å²) < 4.78 is 13.7. The second-order valence-electron chi connectivity index (χ2n) is 4.41. The summed E-state index contributed by atoms with van der Waals surface area (Å²) in [5, 5.41) is 12.3. The van der Waals surface area contributed by atoms with E-state index < -0.39 is 11.4 Å². The summed E-state index contributed by atoms with van der Waals surface area (Å²) in [6.45, 7) is 3.45. The number of amides is 1. The summed E-state index contributed by atoms with van der Waals surface area (Å²) >= 11 is 0. The highest BCUT2D eigenvalue weighted by atomic mass is 19.1. The maximum atomic E-state index is 13.7. The zero-order valence-electron chi connectivity index (χ0n) is 10.1. The lowest BCUT2D eigenvalue weighted by Gasteiger charge is -2.26. The first kappa shape index (κ1) is 12.2. The predicted octanol–water partition coefficient (Wildman–Crippen LogP) is 1.61. The predicted molar refractivity (Wildman–Crippen MR) is 63.3 cm³/mol. The van der Waals surface area contributed by atoms with Gasteiger partial charge in [-0.25, -0.2) is 4.39 Å². The van der Waals surface area contributed by atoms with Crippen molar-refractivity contribution in [2.45, 2.75) is 19.4 Å². The summed E-state index contributed by atoms with van der Waals surface area (Å²) in [5.74, 6) is -0.764. The molecule has 0 aliphatic heterocycles. The van der Waals surface area contributed by atoms with Gasteiger partial charge in [-0.2, -0.15) is 15.4 Å². The van der Waals surface area contributed by atoms with Crippen LogP contribution < -0.4 is 5.32 Å². The van der Waals surface area contributed by atoms with Gasteiger partial charge in [-0.3, -0.25) is 4.79 Å². The fraction of sp³-hybridized carbons (Fsp3) is 0.250. The van der Waals surface area contributed by atoms with Gasteiger partial charge in [0.1, 0.15) is 5.82 Å². The smallest absolute Gasteiger partial charge is 0.274 e. The molecule has 6 heteroatoms.